The summed E-state index contributed by atoms with van der Waals surface area (Å²) in [5.74, 6) is -0.616. The highest BCUT2D eigenvalue weighted by Crippen LogP contribution is 2.18. The van der Waals surface area contributed by atoms with Crippen LogP contribution in [0, 0.1) is 5.82 Å². The van der Waals surface area contributed by atoms with Gasteiger partial charge in [-0.05, 0) is 26.7 Å². The van der Waals surface area contributed by atoms with Crippen LogP contribution in [0.3, 0.4) is 0 Å². The summed E-state index contributed by atoms with van der Waals surface area (Å²) in [5.41, 5.74) is 0. The summed E-state index contributed by atoms with van der Waals surface area (Å²) in [7, 11) is 0. The number of ether oxygens (including phenoxy) is 2. The van der Waals surface area contributed by atoms with Gasteiger partial charge in [0, 0.05) is 0 Å². The second-order valence-corrected chi connectivity index (χ2v) is 3.98. The predicted molar refractivity (Wildman–Crippen MR) is 62.8 cm³/mol. The molecule has 0 N–H and O–H groups in total. The van der Waals surface area contributed by atoms with Gasteiger partial charge in [-0.2, -0.15) is 9.37 Å². The fraction of sp³-hybridized carbons (Fsp3) is 0.667. The van der Waals surface area contributed by atoms with Gasteiger partial charge in [-0.15, -0.1) is 0 Å². The van der Waals surface area contributed by atoms with Gasteiger partial charge >= 0.3 is 6.01 Å². The van der Waals surface area contributed by atoms with E-state index in [0.717, 1.165) is 19.0 Å². The van der Waals surface area contributed by atoms with E-state index in [1.54, 1.807) is 0 Å². The first-order valence-corrected chi connectivity index (χ1v) is 5.92. The maximum atomic E-state index is 13.4. The van der Waals surface area contributed by atoms with E-state index in [2.05, 4.69) is 9.97 Å². The number of aromatic nitrogens is 2. The molecule has 2 unspecified atom stereocenters. The first kappa shape index (κ1) is 13.7. The van der Waals surface area contributed by atoms with Gasteiger partial charge in [0.05, 0.1) is 18.4 Å². The van der Waals surface area contributed by atoms with Gasteiger partial charge < -0.3 is 9.47 Å². The highest BCUT2D eigenvalue weighted by atomic mass is 19.1. The SMILES string of the molecule is CCC(C)Oc1ncc(F)c(OC(C)CC)n1. The van der Waals surface area contributed by atoms with Crippen LogP contribution in [-0.2, 0) is 0 Å². The smallest absolute Gasteiger partial charge is 0.320 e. The molecule has 1 heterocycles. The number of hydrogen-bond acceptors (Lipinski definition) is 4. The zero-order chi connectivity index (χ0) is 12.8. The van der Waals surface area contributed by atoms with Crippen molar-refractivity contribution in [3.63, 3.8) is 0 Å². The average Bonchev–Trinajstić information content (AvgIpc) is 2.33. The Balaban J connectivity index is 2.79. The molecule has 0 saturated carbocycles. The Morgan fingerprint density at radius 1 is 1.18 bits per heavy atom. The van der Waals surface area contributed by atoms with E-state index in [9.17, 15) is 4.39 Å². The van der Waals surface area contributed by atoms with Crippen molar-refractivity contribution in [3.8, 4) is 11.9 Å². The monoisotopic (exact) mass is 242 g/mol. The highest BCUT2D eigenvalue weighted by molar-refractivity contribution is 5.14. The Kier molecular flexibility index (Phi) is 5.12. The molecule has 5 heteroatoms. The molecule has 0 aliphatic heterocycles. The maximum absolute atomic E-state index is 13.4. The van der Waals surface area contributed by atoms with Gasteiger partial charge in [0.1, 0.15) is 0 Å². The van der Waals surface area contributed by atoms with Crippen LogP contribution in [0.1, 0.15) is 40.5 Å². The summed E-state index contributed by atoms with van der Waals surface area (Å²) in [6, 6.07) is 0.152. The van der Waals surface area contributed by atoms with Gasteiger partial charge in [-0.3, -0.25) is 0 Å². The average molecular weight is 242 g/mol. The molecule has 1 aromatic heterocycles. The van der Waals surface area contributed by atoms with Crippen molar-refractivity contribution in [2.24, 2.45) is 0 Å². The van der Waals surface area contributed by atoms with Crippen molar-refractivity contribution >= 4 is 0 Å². The zero-order valence-corrected chi connectivity index (χ0v) is 10.7. The van der Waals surface area contributed by atoms with E-state index in [4.69, 9.17) is 9.47 Å². The number of hydrogen-bond donors (Lipinski definition) is 0. The van der Waals surface area contributed by atoms with Crippen LogP contribution in [-0.4, -0.2) is 22.2 Å². The van der Waals surface area contributed by atoms with Crippen molar-refractivity contribution in [1.29, 1.82) is 0 Å². The van der Waals surface area contributed by atoms with Crippen molar-refractivity contribution in [1.82, 2.24) is 9.97 Å². The van der Waals surface area contributed by atoms with E-state index in [-0.39, 0.29) is 24.1 Å². The molecule has 0 radical (unpaired) electrons. The third kappa shape index (κ3) is 4.17. The van der Waals surface area contributed by atoms with Crippen LogP contribution >= 0.6 is 0 Å². The molecule has 96 valence electrons. The predicted octanol–water partition coefficient (Wildman–Crippen LogP) is 2.97. The summed E-state index contributed by atoms with van der Waals surface area (Å²) in [6.07, 6.45) is 2.60. The van der Waals surface area contributed by atoms with Gasteiger partial charge in [0.25, 0.3) is 5.88 Å². The molecular formula is C12H19FN2O2. The minimum Gasteiger partial charge on any atom is -0.472 e. The molecule has 0 bridgehead atoms. The third-order valence-corrected chi connectivity index (χ3v) is 2.46. The molecule has 0 saturated heterocycles. The van der Waals surface area contributed by atoms with Crippen molar-refractivity contribution < 1.29 is 13.9 Å². The fourth-order valence-corrected chi connectivity index (χ4v) is 1.01. The fourth-order valence-electron chi connectivity index (χ4n) is 1.01. The highest BCUT2D eigenvalue weighted by Gasteiger charge is 2.13. The van der Waals surface area contributed by atoms with Crippen LogP contribution in [0.5, 0.6) is 11.9 Å². The van der Waals surface area contributed by atoms with Gasteiger partial charge in [0.2, 0.25) is 5.82 Å². The van der Waals surface area contributed by atoms with Crippen molar-refractivity contribution in [2.45, 2.75) is 52.7 Å². The largest absolute Gasteiger partial charge is 0.472 e. The lowest BCUT2D eigenvalue weighted by molar-refractivity contribution is 0.175. The molecule has 1 rings (SSSR count). The number of nitrogens with zero attached hydrogens (tertiary/aromatic N) is 2. The second kappa shape index (κ2) is 6.37. The van der Waals surface area contributed by atoms with E-state index < -0.39 is 5.82 Å². The number of halogens is 1. The quantitative estimate of drug-likeness (QED) is 0.769. The van der Waals surface area contributed by atoms with E-state index in [1.165, 1.54) is 0 Å². The van der Waals surface area contributed by atoms with Crippen molar-refractivity contribution in [2.75, 3.05) is 0 Å². The standard InChI is InChI=1S/C12H19FN2O2/c1-5-8(3)16-11-10(13)7-14-12(15-11)17-9(4)6-2/h7-9H,5-6H2,1-4H3. The molecule has 0 aliphatic rings. The molecule has 17 heavy (non-hydrogen) atoms. The maximum Gasteiger partial charge on any atom is 0.320 e. The first-order chi connectivity index (χ1) is 8.06. The van der Waals surface area contributed by atoms with Gasteiger partial charge in [-0.1, -0.05) is 13.8 Å². The van der Waals surface area contributed by atoms with Crippen molar-refractivity contribution in [3.05, 3.63) is 12.0 Å². The third-order valence-electron chi connectivity index (χ3n) is 2.46. The summed E-state index contributed by atoms with van der Waals surface area (Å²) < 4.78 is 24.1. The van der Waals surface area contributed by atoms with Crippen LogP contribution in [0.15, 0.2) is 6.20 Å². The van der Waals surface area contributed by atoms with Crippen LogP contribution in [0.2, 0.25) is 0 Å². The Hall–Kier alpha value is -1.39. The molecule has 0 amide bonds. The molecule has 0 spiro atoms. The Morgan fingerprint density at radius 2 is 1.76 bits per heavy atom. The lowest BCUT2D eigenvalue weighted by Gasteiger charge is -2.14. The zero-order valence-electron chi connectivity index (χ0n) is 10.7. The summed E-state index contributed by atoms with van der Waals surface area (Å²) >= 11 is 0. The summed E-state index contributed by atoms with van der Waals surface area (Å²) in [5, 5.41) is 0. The molecule has 4 nitrogen and oxygen atoms in total. The van der Waals surface area contributed by atoms with E-state index in [0.29, 0.717) is 0 Å². The molecular weight excluding hydrogens is 223 g/mol. The minimum atomic E-state index is -0.568. The van der Waals surface area contributed by atoms with Gasteiger partial charge in [0.15, 0.2) is 0 Å². The van der Waals surface area contributed by atoms with Crippen LogP contribution < -0.4 is 9.47 Å². The summed E-state index contributed by atoms with van der Waals surface area (Å²) in [6.45, 7) is 7.71. The first-order valence-electron chi connectivity index (χ1n) is 5.92. The molecule has 0 aromatic carbocycles. The lowest BCUT2D eigenvalue weighted by atomic mass is 10.3. The summed E-state index contributed by atoms with van der Waals surface area (Å²) in [4.78, 5) is 7.69. The Morgan fingerprint density at radius 3 is 2.35 bits per heavy atom. The molecule has 2 atom stereocenters. The molecule has 1 aromatic rings. The molecule has 0 fully saturated rings. The normalized spacial score (nSPS) is 14.2. The van der Waals surface area contributed by atoms with Crippen LogP contribution in [0.4, 0.5) is 4.39 Å². The van der Waals surface area contributed by atoms with E-state index >= 15 is 0 Å². The van der Waals surface area contributed by atoms with E-state index in [1.807, 2.05) is 27.7 Å². The Labute approximate surface area is 101 Å². The second-order valence-electron chi connectivity index (χ2n) is 3.98. The minimum absolute atomic E-state index is 0.00286. The van der Waals surface area contributed by atoms with Gasteiger partial charge in [-0.25, -0.2) is 4.98 Å². The Bertz CT molecular complexity index is 360. The molecule has 0 aliphatic carbocycles. The van der Waals surface area contributed by atoms with Crippen LogP contribution in [0.25, 0.3) is 0 Å². The lowest BCUT2D eigenvalue weighted by Crippen LogP contribution is -2.15. The number of rotatable bonds is 6. The topological polar surface area (TPSA) is 44.2 Å².